The predicted octanol–water partition coefficient (Wildman–Crippen LogP) is 3.44. The van der Waals surface area contributed by atoms with E-state index in [9.17, 15) is 9.18 Å². The number of carboxylic acids is 1. The summed E-state index contributed by atoms with van der Waals surface area (Å²) in [5, 5.41) is 9.63. The molecule has 0 aromatic heterocycles. The molecule has 0 saturated carbocycles. The van der Waals surface area contributed by atoms with Crippen LogP contribution in [0, 0.1) is 5.82 Å². The lowest BCUT2D eigenvalue weighted by molar-refractivity contribution is 0.0699. The molecule has 4 heteroatoms. The van der Waals surface area contributed by atoms with Gasteiger partial charge in [-0.2, -0.15) is 0 Å². The van der Waals surface area contributed by atoms with Crippen molar-refractivity contribution >= 4 is 32.7 Å². The summed E-state index contributed by atoms with van der Waals surface area (Å²) in [4.78, 5) is 10.9. The van der Waals surface area contributed by atoms with Gasteiger partial charge in [-0.15, -0.1) is 0 Å². The highest BCUT2D eigenvalue weighted by molar-refractivity contribution is 9.10. The van der Waals surface area contributed by atoms with Gasteiger partial charge in [0.1, 0.15) is 5.82 Å². The number of rotatable bonds is 1. The van der Waals surface area contributed by atoms with Crippen molar-refractivity contribution in [2.24, 2.45) is 0 Å². The molecule has 0 aliphatic rings. The number of fused-ring (bicyclic) bond motifs is 1. The maximum Gasteiger partial charge on any atom is 0.336 e. The van der Waals surface area contributed by atoms with E-state index in [1.165, 1.54) is 6.07 Å². The van der Waals surface area contributed by atoms with E-state index in [1.54, 1.807) is 18.2 Å². The summed E-state index contributed by atoms with van der Waals surface area (Å²) in [6, 6.07) is 7.38. The van der Waals surface area contributed by atoms with Crippen LogP contribution in [0.4, 0.5) is 4.39 Å². The summed E-state index contributed by atoms with van der Waals surface area (Å²) in [5.74, 6) is -1.49. The Morgan fingerprint density at radius 2 is 2.00 bits per heavy atom. The molecule has 0 amide bonds. The number of carboxylic acid groups (broad SMARTS) is 1. The van der Waals surface area contributed by atoms with Crippen LogP contribution in [0.5, 0.6) is 0 Å². The zero-order valence-electron chi connectivity index (χ0n) is 7.50. The van der Waals surface area contributed by atoms with Crippen LogP contribution in [0.25, 0.3) is 10.8 Å². The highest BCUT2D eigenvalue weighted by Crippen LogP contribution is 2.28. The summed E-state index contributed by atoms with van der Waals surface area (Å²) in [6.07, 6.45) is 0. The maximum absolute atomic E-state index is 13.5. The van der Waals surface area contributed by atoms with Crippen molar-refractivity contribution in [3.05, 3.63) is 46.2 Å². The Bertz CT molecular complexity index is 543. The summed E-state index contributed by atoms with van der Waals surface area (Å²) < 4.78 is 14.0. The van der Waals surface area contributed by atoms with Gasteiger partial charge >= 0.3 is 5.97 Å². The number of aromatic carboxylic acids is 1. The molecule has 0 bridgehead atoms. The second-order valence-corrected chi connectivity index (χ2v) is 3.92. The third kappa shape index (κ3) is 1.61. The molecule has 0 aliphatic heterocycles. The molecule has 2 aromatic rings. The minimum Gasteiger partial charge on any atom is -0.478 e. The molecule has 0 heterocycles. The molecule has 0 saturated heterocycles. The zero-order chi connectivity index (χ0) is 11.0. The first kappa shape index (κ1) is 10.1. The fourth-order valence-corrected chi connectivity index (χ4v) is 2.06. The molecule has 15 heavy (non-hydrogen) atoms. The molecular weight excluding hydrogens is 263 g/mol. The monoisotopic (exact) mass is 268 g/mol. The maximum atomic E-state index is 13.5. The number of benzene rings is 2. The molecule has 1 N–H and O–H groups in total. The fourth-order valence-electron chi connectivity index (χ4n) is 1.51. The lowest BCUT2D eigenvalue weighted by Crippen LogP contribution is -1.98. The molecule has 2 aromatic carbocycles. The average Bonchev–Trinajstić information content (AvgIpc) is 2.17. The van der Waals surface area contributed by atoms with E-state index in [-0.39, 0.29) is 5.56 Å². The van der Waals surface area contributed by atoms with Gasteiger partial charge in [0.05, 0.1) is 5.56 Å². The second kappa shape index (κ2) is 3.62. The number of hydrogen-bond acceptors (Lipinski definition) is 1. The van der Waals surface area contributed by atoms with Crippen LogP contribution in [-0.2, 0) is 0 Å². The Hall–Kier alpha value is -1.42. The Balaban J connectivity index is 2.95. The summed E-state index contributed by atoms with van der Waals surface area (Å²) >= 11 is 3.20. The van der Waals surface area contributed by atoms with E-state index in [0.29, 0.717) is 15.2 Å². The number of hydrogen-bond donors (Lipinski definition) is 1. The lowest BCUT2D eigenvalue weighted by Gasteiger charge is -2.05. The lowest BCUT2D eigenvalue weighted by atomic mass is 10.0. The van der Waals surface area contributed by atoms with Crippen molar-refractivity contribution in [1.29, 1.82) is 0 Å². The molecule has 0 spiro atoms. The second-order valence-electron chi connectivity index (χ2n) is 3.06. The van der Waals surface area contributed by atoms with E-state index >= 15 is 0 Å². The van der Waals surface area contributed by atoms with Crippen LogP contribution >= 0.6 is 15.9 Å². The molecule has 2 rings (SSSR count). The highest BCUT2D eigenvalue weighted by Gasteiger charge is 2.12. The standard InChI is InChI=1S/C11H6BrFO2/c12-8-3-1-2-6-7(11(14)15)4-5-9(13)10(6)8/h1-5H,(H,14,15). The third-order valence-corrected chi connectivity index (χ3v) is 2.83. The minimum absolute atomic E-state index is 0.104. The first-order chi connectivity index (χ1) is 7.11. The van der Waals surface area contributed by atoms with Crippen LogP contribution in [0.2, 0.25) is 0 Å². The van der Waals surface area contributed by atoms with Crippen LogP contribution in [-0.4, -0.2) is 11.1 Å². The van der Waals surface area contributed by atoms with Crippen LogP contribution in [0.3, 0.4) is 0 Å². The zero-order valence-corrected chi connectivity index (χ0v) is 9.08. The van der Waals surface area contributed by atoms with Crippen molar-refractivity contribution in [3.63, 3.8) is 0 Å². The van der Waals surface area contributed by atoms with Gasteiger partial charge in [-0.05, 0) is 18.2 Å². The summed E-state index contributed by atoms with van der Waals surface area (Å²) in [7, 11) is 0. The predicted molar refractivity (Wildman–Crippen MR) is 58.6 cm³/mol. The van der Waals surface area contributed by atoms with Crippen LogP contribution in [0.15, 0.2) is 34.8 Å². The Labute approximate surface area is 93.5 Å². The van der Waals surface area contributed by atoms with Gasteiger partial charge in [-0.3, -0.25) is 0 Å². The Morgan fingerprint density at radius 1 is 1.27 bits per heavy atom. The fraction of sp³-hybridized carbons (Fsp3) is 0. The first-order valence-corrected chi connectivity index (χ1v) is 5.00. The topological polar surface area (TPSA) is 37.3 Å². The Morgan fingerprint density at radius 3 is 2.67 bits per heavy atom. The minimum atomic E-state index is -1.06. The highest BCUT2D eigenvalue weighted by atomic mass is 79.9. The Kier molecular flexibility index (Phi) is 2.44. The van der Waals surface area contributed by atoms with Crippen molar-refractivity contribution in [2.45, 2.75) is 0 Å². The van der Waals surface area contributed by atoms with Gasteiger partial charge in [-0.1, -0.05) is 28.1 Å². The smallest absolute Gasteiger partial charge is 0.336 e. The van der Waals surface area contributed by atoms with Gasteiger partial charge in [0, 0.05) is 15.2 Å². The normalized spacial score (nSPS) is 10.5. The average molecular weight is 269 g/mol. The molecule has 76 valence electrons. The SMILES string of the molecule is O=C(O)c1ccc(F)c2c(Br)cccc12. The van der Waals surface area contributed by atoms with E-state index in [0.717, 1.165) is 6.07 Å². The van der Waals surface area contributed by atoms with Crippen LogP contribution < -0.4 is 0 Å². The van der Waals surface area contributed by atoms with Gasteiger partial charge in [0.2, 0.25) is 0 Å². The molecular formula is C11H6BrFO2. The van der Waals surface area contributed by atoms with Gasteiger partial charge in [0.25, 0.3) is 0 Å². The number of carbonyl (C=O) groups is 1. The molecule has 0 unspecified atom stereocenters. The quantitative estimate of drug-likeness (QED) is 0.861. The molecule has 0 fully saturated rings. The van der Waals surface area contributed by atoms with Crippen molar-refractivity contribution in [1.82, 2.24) is 0 Å². The third-order valence-electron chi connectivity index (χ3n) is 2.17. The summed E-state index contributed by atoms with van der Waals surface area (Å²) in [5.41, 5.74) is 0.104. The molecule has 0 aliphatic carbocycles. The number of halogens is 2. The van der Waals surface area contributed by atoms with Crippen molar-refractivity contribution in [3.8, 4) is 0 Å². The van der Waals surface area contributed by atoms with E-state index < -0.39 is 11.8 Å². The largest absolute Gasteiger partial charge is 0.478 e. The molecule has 0 atom stereocenters. The molecule has 0 radical (unpaired) electrons. The van der Waals surface area contributed by atoms with Gasteiger partial charge in [0.15, 0.2) is 0 Å². The van der Waals surface area contributed by atoms with E-state index in [1.807, 2.05) is 0 Å². The first-order valence-electron chi connectivity index (χ1n) is 4.21. The van der Waals surface area contributed by atoms with Crippen molar-refractivity contribution in [2.75, 3.05) is 0 Å². The van der Waals surface area contributed by atoms with Gasteiger partial charge in [-0.25, -0.2) is 9.18 Å². The van der Waals surface area contributed by atoms with Crippen LogP contribution in [0.1, 0.15) is 10.4 Å². The van der Waals surface area contributed by atoms with Gasteiger partial charge < -0.3 is 5.11 Å². The van der Waals surface area contributed by atoms with Crippen molar-refractivity contribution < 1.29 is 14.3 Å². The van der Waals surface area contributed by atoms with E-state index in [2.05, 4.69) is 15.9 Å². The summed E-state index contributed by atoms with van der Waals surface area (Å²) in [6.45, 7) is 0. The van der Waals surface area contributed by atoms with E-state index in [4.69, 9.17) is 5.11 Å². The molecule has 2 nitrogen and oxygen atoms in total.